The van der Waals surface area contributed by atoms with Gasteiger partial charge in [-0.05, 0) is 42.5 Å². The molecular weight excluding hydrogens is 469 g/mol. The first-order valence-corrected chi connectivity index (χ1v) is 13.4. The Kier molecular flexibility index (Phi) is 8.00. The molecule has 2 aromatic carbocycles. The number of amides is 1. The van der Waals surface area contributed by atoms with Gasteiger partial charge in [0.1, 0.15) is 18.4 Å². The molecule has 0 aromatic heterocycles. The monoisotopic (exact) mass is 501 g/mol. The molecule has 1 amide bonds. The Bertz CT molecular complexity index is 1130. The molecule has 4 N–H and O–H groups in total. The number of sulfonamides is 1. The van der Waals surface area contributed by atoms with Crippen LogP contribution in [0.4, 0.5) is 5.69 Å². The third kappa shape index (κ3) is 6.35. The van der Waals surface area contributed by atoms with E-state index in [0.717, 1.165) is 24.8 Å². The van der Waals surface area contributed by atoms with E-state index in [1.165, 1.54) is 12.1 Å². The first kappa shape index (κ1) is 25.5. The minimum atomic E-state index is -4.07. The van der Waals surface area contributed by atoms with E-state index in [-0.39, 0.29) is 11.3 Å². The van der Waals surface area contributed by atoms with E-state index in [0.29, 0.717) is 36.9 Å². The summed E-state index contributed by atoms with van der Waals surface area (Å²) in [6, 6.07) is 12.5. The quantitative estimate of drug-likeness (QED) is 0.359. The van der Waals surface area contributed by atoms with Crippen molar-refractivity contribution >= 4 is 28.7 Å². The zero-order chi connectivity index (χ0) is 25.0. The highest BCUT2D eigenvalue weighted by atomic mass is 32.2. The number of nitrogens with one attached hydrogen (secondary N) is 2. The first-order chi connectivity index (χ1) is 16.7. The van der Waals surface area contributed by atoms with Gasteiger partial charge in [-0.1, -0.05) is 49.6 Å². The summed E-state index contributed by atoms with van der Waals surface area (Å²) in [6.07, 6.45) is 3.60. The Labute approximate surface area is 206 Å². The van der Waals surface area contributed by atoms with E-state index in [4.69, 9.17) is 4.74 Å². The van der Waals surface area contributed by atoms with Crippen LogP contribution in [0.1, 0.15) is 31.2 Å². The van der Waals surface area contributed by atoms with Gasteiger partial charge < -0.3 is 25.0 Å². The lowest BCUT2D eigenvalue weighted by Gasteiger charge is -2.31. The maximum absolute atomic E-state index is 13.3. The van der Waals surface area contributed by atoms with Crippen molar-refractivity contribution in [1.82, 2.24) is 10.0 Å². The van der Waals surface area contributed by atoms with E-state index in [9.17, 15) is 23.3 Å². The second-order valence-corrected chi connectivity index (χ2v) is 11.0. The van der Waals surface area contributed by atoms with Crippen LogP contribution in [0, 0.1) is 5.92 Å². The van der Waals surface area contributed by atoms with Gasteiger partial charge in [0.25, 0.3) is 0 Å². The highest BCUT2D eigenvalue weighted by Crippen LogP contribution is 2.33. The fourth-order valence-electron chi connectivity index (χ4n) is 4.42. The average molecular weight is 501 g/mol. The molecule has 11 heteroatoms. The van der Waals surface area contributed by atoms with Crippen LogP contribution >= 0.6 is 0 Å². The molecule has 35 heavy (non-hydrogen) atoms. The summed E-state index contributed by atoms with van der Waals surface area (Å²) in [5.74, 6) is -0.550. The largest absolute Gasteiger partial charge is 0.490 e. The fraction of sp³-hybridized carbons (Fsp3) is 0.458. The summed E-state index contributed by atoms with van der Waals surface area (Å²) in [6.45, 7) is 1.15. The van der Waals surface area contributed by atoms with Crippen molar-refractivity contribution in [2.75, 3.05) is 25.1 Å². The van der Waals surface area contributed by atoms with Crippen LogP contribution < -0.4 is 19.7 Å². The number of carbonyl (C=O) groups excluding carboxylic acids is 1. The molecule has 0 spiro atoms. The lowest BCUT2D eigenvalue weighted by atomic mass is 9.69. The van der Waals surface area contributed by atoms with Crippen LogP contribution in [-0.4, -0.2) is 63.7 Å². The smallest absolute Gasteiger partial charge is 0.475 e. The number of carbonyl (C=O) groups is 1. The van der Waals surface area contributed by atoms with Crippen LogP contribution in [0.2, 0.25) is 0 Å². The highest BCUT2D eigenvalue weighted by molar-refractivity contribution is 7.89. The minimum absolute atomic E-state index is 0.0210. The molecule has 0 bridgehead atoms. The second-order valence-electron chi connectivity index (χ2n) is 9.32. The van der Waals surface area contributed by atoms with Crippen LogP contribution in [0.15, 0.2) is 53.4 Å². The highest BCUT2D eigenvalue weighted by Gasteiger charge is 2.34. The molecule has 1 aliphatic heterocycles. The van der Waals surface area contributed by atoms with Gasteiger partial charge in [-0.2, -0.15) is 4.72 Å². The maximum atomic E-state index is 13.3. The summed E-state index contributed by atoms with van der Waals surface area (Å²) in [4.78, 5) is 15.2. The van der Waals surface area contributed by atoms with Crippen molar-refractivity contribution in [2.24, 2.45) is 5.92 Å². The van der Waals surface area contributed by atoms with Gasteiger partial charge in [0, 0.05) is 7.05 Å². The number of hydrogen-bond acceptors (Lipinski definition) is 7. The molecule has 1 saturated carbocycles. The summed E-state index contributed by atoms with van der Waals surface area (Å²) in [7, 11) is -3.94. The SMILES string of the molecule is CN1CCOc2ccc(S(=O)(=O)N[C@@H](Cc3ccccc3)C(=O)NC(CC3CCC3)B(O)O)cc21. The van der Waals surface area contributed by atoms with E-state index in [1.54, 1.807) is 6.07 Å². The lowest BCUT2D eigenvalue weighted by Crippen LogP contribution is -2.55. The number of anilines is 1. The minimum Gasteiger partial charge on any atom is -0.490 e. The van der Waals surface area contributed by atoms with Gasteiger partial charge in [-0.3, -0.25) is 4.79 Å². The van der Waals surface area contributed by atoms with Crippen LogP contribution in [0.3, 0.4) is 0 Å². The Morgan fingerprint density at radius 1 is 1.20 bits per heavy atom. The Hall–Kier alpha value is -2.60. The molecular formula is C24H32BN3O6S. The van der Waals surface area contributed by atoms with Gasteiger partial charge in [0.2, 0.25) is 15.9 Å². The molecule has 2 aromatic rings. The second kappa shape index (κ2) is 11.0. The number of benzene rings is 2. The topological polar surface area (TPSA) is 128 Å². The van der Waals surface area contributed by atoms with Crippen molar-refractivity contribution in [3.05, 3.63) is 54.1 Å². The van der Waals surface area contributed by atoms with Crippen LogP contribution in [0.5, 0.6) is 5.75 Å². The molecule has 2 aliphatic rings. The molecule has 9 nitrogen and oxygen atoms in total. The number of nitrogens with zero attached hydrogens (tertiary/aromatic N) is 1. The third-order valence-corrected chi connectivity index (χ3v) is 8.20. The van der Waals surface area contributed by atoms with Crippen molar-refractivity contribution < 1.29 is 28.0 Å². The molecule has 188 valence electrons. The average Bonchev–Trinajstić information content (AvgIpc) is 2.80. The van der Waals surface area contributed by atoms with E-state index in [1.807, 2.05) is 42.3 Å². The van der Waals surface area contributed by atoms with E-state index < -0.39 is 35.0 Å². The third-order valence-electron chi connectivity index (χ3n) is 6.73. The number of likely N-dealkylation sites (N-methyl/N-ethyl adjacent to an activating group) is 1. The van der Waals surface area contributed by atoms with Crippen LogP contribution in [-0.2, 0) is 21.2 Å². The molecule has 1 heterocycles. The van der Waals surface area contributed by atoms with Crippen molar-refractivity contribution in [3.8, 4) is 5.75 Å². The Morgan fingerprint density at radius 3 is 2.60 bits per heavy atom. The molecule has 0 radical (unpaired) electrons. The molecule has 1 aliphatic carbocycles. The normalized spacial score (nSPS) is 17.5. The number of rotatable bonds is 10. The predicted molar refractivity (Wildman–Crippen MR) is 134 cm³/mol. The van der Waals surface area contributed by atoms with Crippen molar-refractivity contribution in [3.63, 3.8) is 0 Å². The Morgan fingerprint density at radius 2 is 1.94 bits per heavy atom. The maximum Gasteiger partial charge on any atom is 0.475 e. The van der Waals surface area contributed by atoms with Crippen molar-refractivity contribution in [2.45, 2.75) is 49.0 Å². The van der Waals surface area contributed by atoms with E-state index in [2.05, 4.69) is 10.0 Å². The zero-order valence-electron chi connectivity index (χ0n) is 19.8. The molecule has 0 saturated heterocycles. The Balaban J connectivity index is 1.56. The number of ether oxygens (including phenoxy) is 1. The molecule has 4 rings (SSSR count). The summed E-state index contributed by atoms with van der Waals surface area (Å²) >= 11 is 0. The van der Waals surface area contributed by atoms with Gasteiger partial charge in [-0.15, -0.1) is 0 Å². The van der Waals surface area contributed by atoms with Gasteiger partial charge in [-0.25, -0.2) is 8.42 Å². The zero-order valence-corrected chi connectivity index (χ0v) is 20.6. The lowest BCUT2D eigenvalue weighted by molar-refractivity contribution is -0.123. The number of fused-ring (bicyclic) bond motifs is 1. The van der Waals surface area contributed by atoms with Gasteiger partial charge in [0.05, 0.1) is 23.1 Å². The van der Waals surface area contributed by atoms with Gasteiger partial charge >= 0.3 is 7.12 Å². The molecule has 2 atom stereocenters. The molecule has 1 unspecified atom stereocenters. The first-order valence-electron chi connectivity index (χ1n) is 11.9. The summed E-state index contributed by atoms with van der Waals surface area (Å²) in [5.41, 5.74) is 1.43. The summed E-state index contributed by atoms with van der Waals surface area (Å²) in [5, 5.41) is 22.3. The van der Waals surface area contributed by atoms with E-state index >= 15 is 0 Å². The molecule has 1 fully saturated rings. The number of hydrogen-bond donors (Lipinski definition) is 4. The standard InChI is InChI=1S/C24H32BN3O6S/c1-28-12-13-34-22-11-10-19(16-21(22)28)35(32,33)27-20(14-17-6-3-2-4-7-17)24(29)26-23(25(30)31)15-18-8-5-9-18/h2-4,6-7,10-11,16,18,20,23,27,30-31H,5,8-9,12-15H2,1H3,(H,26,29)/t20-,23?/m0/s1. The van der Waals surface area contributed by atoms with Gasteiger partial charge in [0.15, 0.2) is 0 Å². The van der Waals surface area contributed by atoms with Crippen molar-refractivity contribution in [1.29, 1.82) is 0 Å². The summed E-state index contributed by atoms with van der Waals surface area (Å²) < 4.78 is 34.8. The fourth-order valence-corrected chi connectivity index (χ4v) is 5.63. The predicted octanol–water partition coefficient (Wildman–Crippen LogP) is 1.09. The van der Waals surface area contributed by atoms with Crippen LogP contribution in [0.25, 0.3) is 0 Å².